The molecule has 1 aromatic carbocycles. The van der Waals surface area contributed by atoms with Gasteiger partial charge in [0.05, 0.1) is 24.9 Å². The zero-order chi connectivity index (χ0) is 26.5. The van der Waals surface area contributed by atoms with Crippen molar-refractivity contribution < 1.29 is 32.6 Å². The summed E-state index contributed by atoms with van der Waals surface area (Å²) >= 11 is 7.67. The Bertz CT molecular complexity index is 1330. The molecule has 37 heavy (non-hydrogen) atoms. The molecule has 2 fully saturated rings. The Hall–Kier alpha value is -2.96. The number of aromatic nitrogens is 1. The van der Waals surface area contributed by atoms with Gasteiger partial charge in [0.2, 0.25) is 0 Å². The summed E-state index contributed by atoms with van der Waals surface area (Å²) in [5, 5.41) is 15.0. The van der Waals surface area contributed by atoms with Gasteiger partial charge in [-0.1, -0.05) is 17.7 Å². The zero-order valence-electron chi connectivity index (χ0n) is 19.5. The van der Waals surface area contributed by atoms with Gasteiger partial charge in [-0.3, -0.25) is 14.7 Å². The van der Waals surface area contributed by atoms with Crippen molar-refractivity contribution in [1.29, 1.82) is 0 Å². The molecule has 0 amide bonds. The molecule has 2 aromatic rings. The number of aliphatic carboxylic acids is 1. The molecule has 8 nitrogen and oxygen atoms in total. The summed E-state index contributed by atoms with van der Waals surface area (Å²) in [6, 6.07) is 1.10. The van der Waals surface area contributed by atoms with Crippen LogP contribution in [-0.2, 0) is 14.3 Å². The average Bonchev–Trinajstić information content (AvgIpc) is 3.48. The van der Waals surface area contributed by atoms with Crippen molar-refractivity contribution in [1.82, 2.24) is 15.2 Å². The predicted octanol–water partition coefficient (Wildman–Crippen LogP) is 4.13. The molecule has 2 aliphatic heterocycles. The lowest BCUT2D eigenvalue weighted by molar-refractivity contribution is -0.142. The van der Waals surface area contributed by atoms with Gasteiger partial charge < -0.3 is 15.2 Å². The van der Waals surface area contributed by atoms with E-state index in [1.807, 2.05) is 5.38 Å². The Morgan fingerprint density at radius 3 is 2.76 bits per heavy atom. The number of carbonyl (C=O) groups excluding carboxylic acids is 1. The van der Waals surface area contributed by atoms with E-state index in [1.165, 1.54) is 23.5 Å². The first-order valence-corrected chi connectivity index (χ1v) is 12.7. The molecule has 3 aliphatic rings. The normalized spacial score (nSPS) is 23.5. The Kier molecular flexibility index (Phi) is 6.75. The van der Waals surface area contributed by atoms with Crippen molar-refractivity contribution in [2.24, 2.45) is 4.99 Å². The van der Waals surface area contributed by atoms with Gasteiger partial charge in [-0.05, 0) is 25.0 Å². The fourth-order valence-corrected chi connectivity index (χ4v) is 5.71. The minimum atomic E-state index is -3.21. The number of likely N-dealkylation sites (tertiary alicyclic amines) is 1. The lowest BCUT2D eigenvalue weighted by atomic mass is 9.95. The lowest BCUT2D eigenvalue weighted by Gasteiger charge is -2.30. The number of amidine groups is 1. The molecule has 0 radical (unpaired) electrons. The van der Waals surface area contributed by atoms with Gasteiger partial charge >= 0.3 is 11.9 Å². The monoisotopic (exact) mass is 554 g/mol. The van der Waals surface area contributed by atoms with Gasteiger partial charge in [-0.2, -0.15) is 0 Å². The van der Waals surface area contributed by atoms with Gasteiger partial charge in [-0.15, -0.1) is 11.3 Å². The van der Waals surface area contributed by atoms with Crippen LogP contribution >= 0.6 is 22.9 Å². The van der Waals surface area contributed by atoms with Crippen LogP contribution in [-0.4, -0.2) is 64.9 Å². The van der Waals surface area contributed by atoms with E-state index < -0.39 is 48.7 Å². The number of carboxylic acids is 1. The molecular formula is C24H22ClF3N4O4S. The molecule has 1 unspecified atom stereocenters. The summed E-state index contributed by atoms with van der Waals surface area (Å²) in [7, 11) is 1.16. The third-order valence-electron chi connectivity index (χ3n) is 6.52. The number of thiazole rings is 1. The second kappa shape index (κ2) is 9.73. The van der Waals surface area contributed by atoms with E-state index in [9.17, 15) is 27.9 Å². The van der Waals surface area contributed by atoms with Crippen LogP contribution in [0.5, 0.6) is 0 Å². The first-order chi connectivity index (χ1) is 17.6. The Morgan fingerprint density at radius 1 is 1.35 bits per heavy atom. The van der Waals surface area contributed by atoms with E-state index in [4.69, 9.17) is 16.3 Å². The number of halogens is 4. The summed E-state index contributed by atoms with van der Waals surface area (Å²) in [5.41, 5.74) is 1.29. The average molecular weight is 555 g/mol. The molecule has 13 heteroatoms. The second-order valence-corrected chi connectivity index (χ2v) is 10.5. The molecule has 0 bridgehead atoms. The van der Waals surface area contributed by atoms with Crippen LogP contribution in [0, 0.1) is 5.82 Å². The van der Waals surface area contributed by atoms with Gasteiger partial charge in [0.1, 0.15) is 17.9 Å². The highest BCUT2D eigenvalue weighted by Crippen LogP contribution is 2.41. The van der Waals surface area contributed by atoms with Crippen LogP contribution < -0.4 is 5.32 Å². The molecule has 0 spiro atoms. The van der Waals surface area contributed by atoms with E-state index in [0.29, 0.717) is 16.5 Å². The SMILES string of the molecule is COC(=O)C1=C(CN2CC(F)(F)CC2C(=O)O)NC(c2nc(C3CC3)cs2)=N[C@H]1c1ccc(F)cc1Cl. The smallest absolute Gasteiger partial charge is 0.338 e. The first-order valence-electron chi connectivity index (χ1n) is 11.5. The molecule has 2 atom stereocenters. The Labute approximate surface area is 218 Å². The number of esters is 1. The molecule has 1 saturated carbocycles. The van der Waals surface area contributed by atoms with Crippen LogP contribution in [0.25, 0.3) is 0 Å². The van der Waals surface area contributed by atoms with Crippen LogP contribution in [0.4, 0.5) is 13.2 Å². The number of carbonyl (C=O) groups is 2. The van der Waals surface area contributed by atoms with Crippen molar-refractivity contribution in [2.45, 2.75) is 43.2 Å². The van der Waals surface area contributed by atoms with Crippen molar-refractivity contribution in [3.05, 3.63) is 62.0 Å². The third-order valence-corrected chi connectivity index (χ3v) is 7.72. The highest BCUT2D eigenvalue weighted by molar-refractivity contribution is 7.11. The number of nitrogens with one attached hydrogen (secondary N) is 1. The maximum Gasteiger partial charge on any atom is 0.338 e. The Balaban J connectivity index is 1.61. The number of nitrogens with zero attached hydrogens (tertiary/aromatic N) is 3. The summed E-state index contributed by atoms with van der Waals surface area (Å²) in [4.78, 5) is 35.2. The van der Waals surface area contributed by atoms with E-state index in [2.05, 4.69) is 15.3 Å². The zero-order valence-corrected chi connectivity index (χ0v) is 21.1. The number of aliphatic imine (C=N–C) groups is 1. The number of alkyl halides is 2. The molecule has 3 heterocycles. The van der Waals surface area contributed by atoms with Crippen molar-refractivity contribution >= 4 is 40.7 Å². The maximum absolute atomic E-state index is 14.2. The standard InChI is InChI=1S/C24H22ClF3N4O4S/c1-36-23(35)18-15(8-32-10-24(27,28)7-17(32)22(33)34)29-20(21-30-16(9-37-21)11-2-3-11)31-19(18)13-5-4-12(26)6-14(13)25/h4-6,9,11,17,19H,2-3,7-8,10H2,1H3,(H,29,31)(H,33,34)/t17?,19-/m0/s1. The predicted molar refractivity (Wildman–Crippen MR) is 130 cm³/mol. The minimum Gasteiger partial charge on any atom is -0.480 e. The van der Waals surface area contributed by atoms with Crippen molar-refractivity contribution in [2.75, 3.05) is 20.2 Å². The largest absolute Gasteiger partial charge is 0.480 e. The molecule has 1 saturated heterocycles. The maximum atomic E-state index is 14.2. The van der Waals surface area contributed by atoms with Crippen LogP contribution in [0.2, 0.25) is 5.02 Å². The summed E-state index contributed by atoms with van der Waals surface area (Å²) in [6.45, 7) is -1.13. The summed E-state index contributed by atoms with van der Waals surface area (Å²) in [6.07, 6.45) is 1.22. The summed E-state index contributed by atoms with van der Waals surface area (Å²) < 4.78 is 47.2. The van der Waals surface area contributed by atoms with Crippen LogP contribution in [0.1, 0.15) is 47.5 Å². The van der Waals surface area contributed by atoms with Crippen LogP contribution in [0.3, 0.4) is 0 Å². The number of carboxylic acid groups (broad SMARTS) is 1. The van der Waals surface area contributed by atoms with E-state index in [-0.39, 0.29) is 28.7 Å². The van der Waals surface area contributed by atoms with Crippen molar-refractivity contribution in [3.63, 3.8) is 0 Å². The fourth-order valence-electron chi connectivity index (χ4n) is 4.59. The molecular weight excluding hydrogens is 533 g/mol. The van der Waals surface area contributed by atoms with Gasteiger partial charge in [0.25, 0.3) is 5.92 Å². The van der Waals surface area contributed by atoms with Gasteiger partial charge in [0.15, 0.2) is 10.8 Å². The molecule has 5 rings (SSSR count). The number of hydrogen-bond acceptors (Lipinski definition) is 8. The van der Waals surface area contributed by atoms with E-state index in [0.717, 1.165) is 36.6 Å². The molecule has 2 N–H and O–H groups in total. The number of benzene rings is 1. The highest BCUT2D eigenvalue weighted by atomic mass is 35.5. The minimum absolute atomic E-state index is 0.00433. The van der Waals surface area contributed by atoms with Crippen molar-refractivity contribution in [3.8, 4) is 0 Å². The van der Waals surface area contributed by atoms with Gasteiger partial charge in [-0.25, -0.2) is 22.9 Å². The van der Waals surface area contributed by atoms with Crippen LogP contribution in [0.15, 0.2) is 39.8 Å². The van der Waals surface area contributed by atoms with E-state index in [1.54, 1.807) is 0 Å². The lowest BCUT2D eigenvalue weighted by Crippen LogP contribution is -2.43. The fraction of sp³-hybridized carbons (Fsp3) is 0.417. The number of rotatable bonds is 7. The van der Waals surface area contributed by atoms with E-state index >= 15 is 0 Å². The number of methoxy groups -OCH3 is 1. The second-order valence-electron chi connectivity index (χ2n) is 9.23. The topological polar surface area (TPSA) is 104 Å². The Morgan fingerprint density at radius 2 is 2.11 bits per heavy atom. The van der Waals surface area contributed by atoms with Gasteiger partial charge in [0, 0.05) is 40.5 Å². The highest BCUT2D eigenvalue weighted by Gasteiger charge is 2.49. The molecule has 1 aromatic heterocycles. The third kappa shape index (κ3) is 5.23. The molecule has 196 valence electrons. The summed E-state index contributed by atoms with van der Waals surface area (Å²) in [5.74, 6) is -5.37. The first kappa shape index (κ1) is 25.7. The number of ether oxygens (including phenoxy) is 1. The molecule has 1 aliphatic carbocycles. The quantitative estimate of drug-likeness (QED) is 0.496. The number of hydrogen-bond donors (Lipinski definition) is 2.